The van der Waals surface area contributed by atoms with Crippen molar-refractivity contribution < 1.29 is 68.7 Å². The van der Waals surface area contributed by atoms with E-state index in [0.29, 0.717) is 94.8 Å². The maximum atomic E-state index is 13.7. The van der Waals surface area contributed by atoms with E-state index >= 15 is 0 Å². The lowest BCUT2D eigenvalue weighted by Crippen LogP contribution is -2.25. The van der Waals surface area contributed by atoms with E-state index < -0.39 is 48.4 Å². The molecule has 0 fully saturated rings. The topological polar surface area (TPSA) is 299 Å². The Kier molecular flexibility index (Phi) is 15.8. The van der Waals surface area contributed by atoms with E-state index in [1.807, 2.05) is 0 Å². The summed E-state index contributed by atoms with van der Waals surface area (Å²) in [6.45, 7) is 0. The van der Waals surface area contributed by atoms with Gasteiger partial charge in [0.05, 0.1) is 71.3 Å². The van der Waals surface area contributed by atoms with Crippen molar-refractivity contribution in [3.8, 4) is 79.3 Å². The second kappa shape index (κ2) is 23.5. The highest BCUT2D eigenvalue weighted by Gasteiger charge is 2.30. The Morgan fingerprint density at radius 1 is 0.544 bits per heavy atom. The van der Waals surface area contributed by atoms with E-state index in [0.717, 1.165) is 21.1 Å². The number of rotatable bonds is 15. The molecule has 4 heterocycles. The highest BCUT2D eigenvalue weighted by molar-refractivity contribution is 7.92. The van der Waals surface area contributed by atoms with Gasteiger partial charge in [-0.2, -0.15) is 0 Å². The quantitative estimate of drug-likeness (QED) is 0.0488. The Morgan fingerprint density at radius 2 is 0.944 bits per heavy atom. The molecule has 12 rings (SSSR count). The van der Waals surface area contributed by atoms with Crippen LogP contribution >= 0.6 is 0 Å². The number of anilines is 3. The van der Waals surface area contributed by atoms with Crippen LogP contribution in [0.5, 0.6) is 11.5 Å². The van der Waals surface area contributed by atoms with Crippen molar-refractivity contribution in [2.24, 2.45) is 0 Å². The molecule has 0 saturated carbocycles. The molecule has 4 aromatic heterocycles. The van der Waals surface area contributed by atoms with Crippen molar-refractivity contribution in [2.75, 3.05) is 69.3 Å². The van der Waals surface area contributed by atoms with Crippen molar-refractivity contribution in [3.05, 3.63) is 178 Å². The molecule has 2 amide bonds. The van der Waals surface area contributed by atoms with Gasteiger partial charge in [-0.1, -0.05) is 12.1 Å². The third kappa shape index (κ3) is 11.4. The Balaban J connectivity index is 0.000000198. The molecular weight excluding hydrogens is 1210 g/mol. The second-order valence-corrected chi connectivity index (χ2v) is 24.5. The lowest BCUT2D eigenvalue weighted by molar-refractivity contribution is -0.384. The van der Waals surface area contributed by atoms with Gasteiger partial charge in [0.15, 0.2) is 11.2 Å². The van der Waals surface area contributed by atoms with Crippen molar-refractivity contribution in [1.82, 2.24) is 20.6 Å². The lowest BCUT2D eigenvalue weighted by Gasteiger charge is -2.21. The third-order valence-electron chi connectivity index (χ3n) is 14.9. The molecule has 22 nitrogen and oxygen atoms in total. The molecule has 0 spiro atoms. The van der Waals surface area contributed by atoms with Gasteiger partial charge in [0.2, 0.25) is 31.8 Å². The van der Waals surface area contributed by atoms with Gasteiger partial charge in [0.1, 0.15) is 56.9 Å². The number of fused-ring (bicyclic) bond motifs is 4. The van der Waals surface area contributed by atoms with Gasteiger partial charge in [-0.25, -0.2) is 35.6 Å². The monoisotopic (exact) mass is 1260 g/mol. The number of carbonyl (C=O) groups is 2. The summed E-state index contributed by atoms with van der Waals surface area (Å²) in [7, 11) is 1.25. The van der Waals surface area contributed by atoms with Crippen molar-refractivity contribution in [2.45, 2.75) is 0 Å². The number of amides is 2. The molecule has 0 aliphatic carbocycles. The number of carbonyl (C=O) groups excluding carboxylic acids is 2. The minimum absolute atomic E-state index is 0. The molecule has 0 radical (unpaired) electrons. The van der Waals surface area contributed by atoms with Crippen molar-refractivity contribution >= 4 is 98.7 Å². The van der Waals surface area contributed by atoms with E-state index in [2.05, 4.69) is 20.6 Å². The summed E-state index contributed by atoms with van der Waals surface area (Å²) >= 11 is 0. The van der Waals surface area contributed by atoms with Crippen molar-refractivity contribution in [1.29, 1.82) is 0 Å². The first-order chi connectivity index (χ1) is 42.9. The summed E-state index contributed by atoms with van der Waals surface area (Å²) < 4.78 is 116. The van der Waals surface area contributed by atoms with Gasteiger partial charge < -0.3 is 43.5 Å². The predicted molar refractivity (Wildman–Crippen MR) is 340 cm³/mol. The molecule has 90 heavy (non-hydrogen) atoms. The smallest absolute Gasteiger partial charge is 0.273 e. The number of benzene rings is 8. The van der Waals surface area contributed by atoms with Crippen LogP contribution in [0.4, 0.5) is 31.5 Å². The molecule has 0 unspecified atom stereocenters. The number of halogens is 2. The van der Waals surface area contributed by atoms with Crippen LogP contribution < -0.4 is 34.5 Å². The first kappa shape index (κ1) is 60.6. The average molecular weight is 1260 g/mol. The Labute approximate surface area is 512 Å². The number of non-ortho nitro benzene ring substituents is 1. The number of nitrogens with two attached hydrogens (primary N) is 1. The van der Waals surface area contributed by atoms with Gasteiger partial charge in [-0.3, -0.25) is 28.3 Å². The summed E-state index contributed by atoms with van der Waals surface area (Å²) in [5, 5.41) is 17.3. The first-order valence-electron chi connectivity index (χ1n) is 27.0. The fourth-order valence-electron chi connectivity index (χ4n) is 10.2. The normalized spacial score (nSPS) is 11.6. The maximum absolute atomic E-state index is 13.7. The summed E-state index contributed by atoms with van der Waals surface area (Å²) in [5.41, 5.74) is 13.2. The fourth-order valence-corrected chi connectivity index (χ4v) is 11.2. The lowest BCUT2D eigenvalue weighted by atomic mass is 9.97. The molecule has 0 saturated heterocycles. The molecule has 0 aliphatic heterocycles. The third-order valence-corrected chi connectivity index (χ3v) is 17.3. The van der Waals surface area contributed by atoms with Crippen LogP contribution in [0.1, 0.15) is 22.1 Å². The Bertz CT molecular complexity index is 5130. The summed E-state index contributed by atoms with van der Waals surface area (Å²) in [6, 6.07) is 36.9. The van der Waals surface area contributed by atoms with Gasteiger partial charge >= 0.3 is 0 Å². The second-order valence-electron chi connectivity index (χ2n) is 20.5. The number of sulfonamides is 2. The average Bonchev–Trinajstić information content (AvgIpc) is 1.77. The minimum atomic E-state index is -3.78. The zero-order valence-electron chi connectivity index (χ0n) is 49.0. The summed E-state index contributed by atoms with van der Waals surface area (Å²) in [5.74, 6) is -0.184. The number of nitrogens with one attached hydrogen (secondary N) is 2. The standard InChI is InChI=1S/C32H25FN4O8S.C32H27FN4O6S.H2/c1-34-31(38)29-22-15-21(25(36(2)46(4,41)42)16-27(22)44-30(29)17-5-8-19(33)9-6-17)18-7-12-26(43-3)23(13-18)32-35-24-11-10-20(37(39)40)14-28(24)45-32;1-35-31(38)29-22-15-21(18-7-12-26(41-3)23(13-18)32-36-24-11-10-20(34)14-28(24)43-32)25(37(2)44(4,39)40)16-27(22)42-30(29)17-5-8-19(33)9-6-17;/h5-16H,1-4H3,(H,34,38);5-16H,34H2,1-4H3,(H,35,38);1H. The van der Waals surface area contributed by atoms with Crippen LogP contribution in [0.15, 0.2) is 163 Å². The van der Waals surface area contributed by atoms with Crippen molar-refractivity contribution in [3.63, 3.8) is 0 Å². The molecule has 26 heteroatoms. The van der Waals surface area contributed by atoms with E-state index in [-0.39, 0.29) is 64.0 Å². The number of hydrogen-bond donors (Lipinski definition) is 3. The van der Waals surface area contributed by atoms with E-state index in [4.69, 9.17) is 32.9 Å². The largest absolute Gasteiger partial charge is 0.496 e. The number of hydrogen-bond acceptors (Lipinski definition) is 17. The molecule has 12 aromatic rings. The summed E-state index contributed by atoms with van der Waals surface area (Å²) in [4.78, 5) is 46.3. The Morgan fingerprint density at radius 3 is 1.33 bits per heavy atom. The molecule has 8 aromatic carbocycles. The number of nitro benzene ring substituents is 1. The predicted octanol–water partition coefficient (Wildman–Crippen LogP) is 12.7. The molecule has 0 atom stereocenters. The van der Waals surface area contributed by atoms with E-state index in [1.165, 1.54) is 115 Å². The number of nitrogens with zero attached hydrogens (tertiary/aromatic N) is 5. The zero-order valence-corrected chi connectivity index (χ0v) is 50.6. The summed E-state index contributed by atoms with van der Waals surface area (Å²) in [6.07, 6.45) is 2.15. The van der Waals surface area contributed by atoms with Crippen LogP contribution in [-0.4, -0.2) is 98.5 Å². The first-order valence-corrected chi connectivity index (χ1v) is 30.7. The highest BCUT2D eigenvalue weighted by Crippen LogP contribution is 2.46. The molecule has 460 valence electrons. The zero-order chi connectivity index (χ0) is 64.2. The molecule has 0 bridgehead atoms. The number of nitro groups is 1. The van der Waals surface area contributed by atoms with Crippen LogP contribution in [0.25, 0.3) is 112 Å². The molecule has 4 N–H and O–H groups in total. The number of nitrogen functional groups attached to an aromatic ring is 1. The van der Waals surface area contributed by atoms with Gasteiger partial charge in [0, 0.05) is 92.6 Å². The minimum Gasteiger partial charge on any atom is -0.496 e. The van der Waals surface area contributed by atoms with E-state index in [9.17, 15) is 45.3 Å². The Hall–Kier alpha value is -11.1. The van der Waals surface area contributed by atoms with Gasteiger partial charge in [-0.15, -0.1) is 0 Å². The van der Waals surface area contributed by atoms with E-state index in [1.54, 1.807) is 72.8 Å². The maximum Gasteiger partial charge on any atom is 0.273 e. The number of ether oxygens (including phenoxy) is 2. The highest BCUT2D eigenvalue weighted by atomic mass is 32.2. The van der Waals surface area contributed by atoms with Crippen LogP contribution in [-0.2, 0) is 20.0 Å². The van der Waals surface area contributed by atoms with Gasteiger partial charge in [-0.05, 0) is 114 Å². The molecule has 0 aliphatic rings. The number of oxazole rings is 2. The number of methoxy groups -OCH3 is 2. The fraction of sp³-hybridized carbons (Fsp3) is 0.125. The molecular formula is C64H54F2N8O14S2. The van der Waals surface area contributed by atoms with Crippen LogP contribution in [0.3, 0.4) is 0 Å². The van der Waals surface area contributed by atoms with Gasteiger partial charge in [0.25, 0.3) is 17.5 Å². The number of aromatic nitrogens is 2. The number of furan rings is 2. The SMILES string of the molecule is CNC(=O)c1c(-c2ccc(F)cc2)oc2cc(N(C)S(C)(=O)=O)c(-c3ccc(OC)c(-c4nc5ccc(N)cc5o4)c3)cc12.CNC(=O)c1c(-c2ccc(F)cc2)oc2cc(N(C)S(C)(=O)=O)c(-c3ccc(OC)c(-c4nc5ccc([N+](=O)[O-])cc5o4)c3)cc12.[HH]. The van der Waals surface area contributed by atoms with Crippen LogP contribution in [0, 0.1) is 21.7 Å². The van der Waals surface area contributed by atoms with Crippen LogP contribution in [0.2, 0.25) is 0 Å².